The molecule has 0 fully saturated rings. The zero-order chi connectivity index (χ0) is 16.3. The number of alkyl halides is 3. The fourth-order valence-electron chi connectivity index (χ4n) is 1.67. The monoisotopic (exact) mass is 636 g/mol. The molecule has 22 heavy (non-hydrogen) atoms. The SMILES string of the molecule is O=C(O)C(I)(I)C(I)c1ccc(Oc2ccc(O)cc2)cc1. The smallest absolute Gasteiger partial charge is 0.331 e. The van der Waals surface area contributed by atoms with Crippen LogP contribution in [0.3, 0.4) is 0 Å². The van der Waals surface area contributed by atoms with Crippen LogP contribution in [0.25, 0.3) is 0 Å². The van der Waals surface area contributed by atoms with Gasteiger partial charge in [0.1, 0.15) is 17.2 Å². The van der Waals surface area contributed by atoms with Crippen molar-refractivity contribution in [3.8, 4) is 17.2 Å². The van der Waals surface area contributed by atoms with Gasteiger partial charge in [0, 0.05) is 0 Å². The summed E-state index contributed by atoms with van der Waals surface area (Å²) in [5.41, 5.74) is 0.921. The molecule has 116 valence electrons. The lowest BCUT2D eigenvalue weighted by Gasteiger charge is -2.22. The fourth-order valence-corrected chi connectivity index (χ4v) is 3.07. The van der Waals surface area contributed by atoms with Crippen molar-refractivity contribution >= 4 is 73.7 Å². The van der Waals surface area contributed by atoms with E-state index in [1.54, 1.807) is 36.4 Å². The van der Waals surface area contributed by atoms with E-state index in [1.165, 1.54) is 0 Å². The van der Waals surface area contributed by atoms with Gasteiger partial charge in [0.05, 0.1) is 3.92 Å². The molecule has 7 heteroatoms. The van der Waals surface area contributed by atoms with E-state index in [0.29, 0.717) is 11.5 Å². The van der Waals surface area contributed by atoms with Crippen LogP contribution < -0.4 is 4.74 Å². The van der Waals surface area contributed by atoms with E-state index in [-0.39, 0.29) is 9.67 Å². The molecule has 0 aromatic heterocycles. The summed E-state index contributed by atoms with van der Waals surface area (Å²) < 4.78 is 4.59. The summed E-state index contributed by atoms with van der Waals surface area (Å²) in [6.45, 7) is 0. The van der Waals surface area contributed by atoms with Crippen molar-refractivity contribution in [2.75, 3.05) is 0 Å². The number of hydrogen-bond acceptors (Lipinski definition) is 3. The first-order chi connectivity index (χ1) is 10.3. The molecule has 1 atom stereocenters. The van der Waals surface area contributed by atoms with E-state index >= 15 is 0 Å². The van der Waals surface area contributed by atoms with E-state index in [4.69, 9.17) is 4.74 Å². The predicted molar refractivity (Wildman–Crippen MR) is 110 cm³/mol. The first-order valence-electron chi connectivity index (χ1n) is 6.13. The molecule has 0 aliphatic rings. The number of rotatable bonds is 5. The van der Waals surface area contributed by atoms with E-state index in [1.807, 2.05) is 57.3 Å². The minimum absolute atomic E-state index is 0.175. The second-order valence-corrected chi connectivity index (χ2v) is 11.2. The Kier molecular flexibility index (Phi) is 6.16. The van der Waals surface area contributed by atoms with Gasteiger partial charge in [-0.3, -0.25) is 0 Å². The van der Waals surface area contributed by atoms with Crippen LogP contribution in [-0.4, -0.2) is 17.6 Å². The third-order valence-electron chi connectivity index (χ3n) is 2.85. The van der Waals surface area contributed by atoms with Gasteiger partial charge in [-0.15, -0.1) is 0 Å². The molecule has 2 N–H and O–H groups in total. The van der Waals surface area contributed by atoms with Crippen LogP contribution in [-0.2, 0) is 4.79 Å². The van der Waals surface area contributed by atoms with Gasteiger partial charge in [-0.05, 0) is 42.0 Å². The summed E-state index contributed by atoms with van der Waals surface area (Å²) in [7, 11) is 0. The van der Waals surface area contributed by atoms with Crippen molar-refractivity contribution in [1.29, 1.82) is 0 Å². The lowest BCUT2D eigenvalue weighted by molar-refractivity contribution is -0.136. The van der Waals surface area contributed by atoms with Crippen molar-refractivity contribution in [1.82, 2.24) is 0 Å². The first-order valence-corrected chi connectivity index (χ1v) is 9.53. The standard InChI is InChI=1S/C15H11I3O4/c16-13(15(17,18)14(20)21)9-1-5-11(6-2-9)22-12-7-3-10(19)4-8-12/h1-8,13,19H,(H,20,21). The largest absolute Gasteiger partial charge is 0.508 e. The van der Waals surface area contributed by atoms with Gasteiger partial charge in [-0.25, -0.2) is 4.79 Å². The number of benzene rings is 2. The topological polar surface area (TPSA) is 66.8 Å². The highest BCUT2D eigenvalue weighted by atomic mass is 127. The van der Waals surface area contributed by atoms with Gasteiger partial charge >= 0.3 is 5.97 Å². The third-order valence-corrected chi connectivity index (χ3v) is 9.05. The Labute approximate surface area is 168 Å². The molecule has 0 aliphatic heterocycles. The quantitative estimate of drug-likeness (QED) is 0.345. The van der Waals surface area contributed by atoms with Crippen LogP contribution in [0, 0.1) is 0 Å². The van der Waals surface area contributed by atoms with Gasteiger partial charge in [0.15, 0.2) is 1.43 Å². The fraction of sp³-hybridized carbons (Fsp3) is 0.133. The minimum Gasteiger partial charge on any atom is -0.508 e. The zero-order valence-electron chi connectivity index (χ0n) is 11.0. The molecule has 0 radical (unpaired) electrons. The summed E-state index contributed by atoms with van der Waals surface area (Å²) in [5.74, 6) is 0.613. The van der Waals surface area contributed by atoms with Crippen molar-refractivity contribution in [3.63, 3.8) is 0 Å². The Morgan fingerprint density at radius 2 is 1.45 bits per heavy atom. The Balaban J connectivity index is 2.13. The normalized spacial score (nSPS) is 12.7. The molecule has 0 amide bonds. The number of carbonyl (C=O) groups is 1. The van der Waals surface area contributed by atoms with Crippen LogP contribution in [0.2, 0.25) is 0 Å². The lowest BCUT2D eigenvalue weighted by atomic mass is 10.1. The third kappa shape index (κ3) is 4.37. The molecular formula is C15H11I3O4. The van der Waals surface area contributed by atoms with Crippen molar-refractivity contribution in [3.05, 3.63) is 54.1 Å². The molecular weight excluding hydrogens is 625 g/mol. The summed E-state index contributed by atoms with van der Waals surface area (Å²) >= 11 is 6.04. The summed E-state index contributed by atoms with van der Waals surface area (Å²) in [5, 5.41) is 18.5. The summed E-state index contributed by atoms with van der Waals surface area (Å²) in [4.78, 5) is 11.3. The van der Waals surface area contributed by atoms with Crippen molar-refractivity contribution < 1.29 is 19.7 Å². The Hall–Kier alpha value is -0.300. The number of hydrogen-bond donors (Lipinski definition) is 2. The first kappa shape index (κ1) is 18.0. The van der Waals surface area contributed by atoms with Gasteiger partial charge in [0.25, 0.3) is 0 Å². The molecule has 0 saturated heterocycles. The van der Waals surface area contributed by atoms with Crippen LogP contribution >= 0.6 is 67.8 Å². The van der Waals surface area contributed by atoms with Gasteiger partial charge < -0.3 is 14.9 Å². The molecule has 2 aromatic carbocycles. The average Bonchev–Trinajstić information content (AvgIpc) is 2.49. The number of halogens is 3. The number of aromatic hydroxyl groups is 1. The Bertz CT molecular complexity index is 653. The van der Waals surface area contributed by atoms with E-state index < -0.39 is 7.40 Å². The van der Waals surface area contributed by atoms with E-state index in [2.05, 4.69) is 22.6 Å². The van der Waals surface area contributed by atoms with Gasteiger partial charge in [0.2, 0.25) is 0 Å². The zero-order valence-corrected chi connectivity index (χ0v) is 17.5. The van der Waals surface area contributed by atoms with Crippen molar-refractivity contribution in [2.24, 2.45) is 0 Å². The summed E-state index contributed by atoms with van der Waals surface area (Å²) in [6, 6.07) is 13.8. The molecule has 2 rings (SSSR count). The minimum atomic E-state index is -0.907. The number of carboxylic acids is 1. The molecule has 0 bridgehead atoms. The van der Waals surface area contributed by atoms with Crippen LogP contribution in [0.1, 0.15) is 9.49 Å². The summed E-state index contributed by atoms with van der Waals surface area (Å²) in [6.07, 6.45) is 0. The molecule has 0 saturated carbocycles. The molecule has 0 aliphatic carbocycles. The maximum Gasteiger partial charge on any atom is 0.331 e. The van der Waals surface area contributed by atoms with E-state index in [0.717, 1.165) is 5.56 Å². The molecule has 2 aromatic rings. The number of phenols is 1. The maximum atomic E-state index is 11.3. The number of phenolic OH excluding ortho intramolecular Hbond substituents is 1. The second-order valence-electron chi connectivity index (χ2n) is 4.46. The average molecular weight is 636 g/mol. The number of carboxylic acid groups (broad SMARTS) is 1. The van der Waals surface area contributed by atoms with Crippen molar-refractivity contribution in [2.45, 2.75) is 5.35 Å². The van der Waals surface area contributed by atoms with E-state index in [9.17, 15) is 15.0 Å². The second kappa shape index (κ2) is 7.51. The lowest BCUT2D eigenvalue weighted by Crippen LogP contribution is -2.28. The van der Waals surface area contributed by atoms with Gasteiger partial charge in [-0.1, -0.05) is 79.9 Å². The van der Waals surface area contributed by atoms with Crippen LogP contribution in [0.4, 0.5) is 0 Å². The molecule has 0 heterocycles. The van der Waals surface area contributed by atoms with Crippen LogP contribution in [0.15, 0.2) is 48.5 Å². The molecule has 4 nitrogen and oxygen atoms in total. The molecule has 1 unspecified atom stereocenters. The van der Waals surface area contributed by atoms with Crippen LogP contribution in [0.5, 0.6) is 17.2 Å². The molecule has 0 spiro atoms. The highest BCUT2D eigenvalue weighted by Crippen LogP contribution is 2.47. The Morgan fingerprint density at radius 3 is 1.91 bits per heavy atom. The predicted octanol–water partition coefficient (Wildman–Crippen LogP) is 5.31. The highest BCUT2D eigenvalue weighted by molar-refractivity contribution is 14.2. The van der Waals surface area contributed by atoms with Gasteiger partial charge in [-0.2, -0.15) is 0 Å². The number of aliphatic carboxylic acids is 1. The highest BCUT2D eigenvalue weighted by Gasteiger charge is 2.40. The number of ether oxygens (including phenoxy) is 1. The maximum absolute atomic E-state index is 11.3. The Morgan fingerprint density at radius 1 is 1.00 bits per heavy atom.